The second kappa shape index (κ2) is 9.56. The lowest BCUT2D eigenvalue weighted by atomic mass is 9.85. The summed E-state index contributed by atoms with van der Waals surface area (Å²) in [4.78, 5) is 12.2. The maximum atomic E-state index is 12.2. The van der Waals surface area contributed by atoms with Crippen LogP contribution >= 0.6 is 0 Å². The third-order valence-corrected chi connectivity index (χ3v) is 3.74. The lowest BCUT2D eigenvalue weighted by Crippen LogP contribution is -2.40. The Hall–Kier alpha value is -1.35. The van der Waals surface area contributed by atoms with Gasteiger partial charge >= 0.3 is 0 Å². The molecule has 0 spiro atoms. The van der Waals surface area contributed by atoms with Gasteiger partial charge in [-0.1, -0.05) is 51.1 Å². The molecule has 2 N–H and O–H groups in total. The van der Waals surface area contributed by atoms with Gasteiger partial charge in [-0.2, -0.15) is 0 Å². The van der Waals surface area contributed by atoms with Crippen LogP contribution in [0, 0.1) is 5.41 Å². The molecule has 3 nitrogen and oxygen atoms in total. The lowest BCUT2D eigenvalue weighted by Gasteiger charge is -2.23. The molecule has 0 saturated heterocycles. The van der Waals surface area contributed by atoms with Gasteiger partial charge in [-0.3, -0.25) is 4.79 Å². The van der Waals surface area contributed by atoms with E-state index in [1.165, 1.54) is 5.56 Å². The molecule has 0 aliphatic heterocycles. The monoisotopic (exact) mass is 290 g/mol. The van der Waals surface area contributed by atoms with Crippen molar-refractivity contribution in [2.75, 3.05) is 19.6 Å². The maximum Gasteiger partial charge on any atom is 0.225 e. The number of benzene rings is 1. The average molecular weight is 290 g/mol. The van der Waals surface area contributed by atoms with Crippen molar-refractivity contribution in [2.24, 2.45) is 5.41 Å². The Bertz CT molecular complexity index is 401. The maximum absolute atomic E-state index is 12.2. The van der Waals surface area contributed by atoms with Crippen LogP contribution in [0.25, 0.3) is 0 Å². The molecule has 0 unspecified atom stereocenters. The van der Waals surface area contributed by atoms with E-state index in [2.05, 4.69) is 41.8 Å². The van der Waals surface area contributed by atoms with Gasteiger partial charge in [-0.15, -0.1) is 0 Å². The molecule has 0 atom stereocenters. The molecule has 1 rings (SSSR count). The third kappa shape index (κ3) is 7.28. The van der Waals surface area contributed by atoms with E-state index in [4.69, 9.17) is 0 Å². The number of aryl methyl sites for hydroxylation is 1. The summed E-state index contributed by atoms with van der Waals surface area (Å²) < 4.78 is 0. The first-order chi connectivity index (χ1) is 10.1. The molecule has 1 aromatic carbocycles. The van der Waals surface area contributed by atoms with E-state index in [0.29, 0.717) is 6.54 Å². The zero-order valence-electron chi connectivity index (χ0n) is 13.7. The summed E-state index contributed by atoms with van der Waals surface area (Å²) in [5.41, 5.74) is 1.05. The van der Waals surface area contributed by atoms with Gasteiger partial charge in [-0.25, -0.2) is 0 Å². The minimum atomic E-state index is -0.292. The molecule has 1 amide bonds. The van der Waals surface area contributed by atoms with E-state index in [-0.39, 0.29) is 11.3 Å². The quantitative estimate of drug-likeness (QED) is 0.650. The fourth-order valence-electron chi connectivity index (χ4n) is 2.30. The number of hydrogen-bond acceptors (Lipinski definition) is 2. The van der Waals surface area contributed by atoms with Crippen molar-refractivity contribution >= 4 is 5.91 Å². The molecule has 3 heteroatoms. The molecule has 0 heterocycles. The summed E-state index contributed by atoms with van der Waals surface area (Å²) >= 11 is 0. The van der Waals surface area contributed by atoms with Crippen LogP contribution in [0.4, 0.5) is 0 Å². The molecule has 0 fully saturated rings. The van der Waals surface area contributed by atoms with Crippen LogP contribution in [-0.2, 0) is 11.2 Å². The van der Waals surface area contributed by atoms with Gasteiger partial charge in [0, 0.05) is 18.5 Å². The number of amides is 1. The lowest BCUT2D eigenvalue weighted by molar-refractivity contribution is -0.129. The van der Waals surface area contributed by atoms with Crippen LogP contribution in [0.2, 0.25) is 0 Å². The summed E-state index contributed by atoms with van der Waals surface area (Å²) in [6, 6.07) is 10.5. The number of nitrogens with one attached hydrogen (secondary N) is 2. The SMILES string of the molecule is CCCNCCNC(=O)C(C)(C)CCCc1ccccc1. The first-order valence-corrected chi connectivity index (χ1v) is 8.09. The highest BCUT2D eigenvalue weighted by atomic mass is 16.2. The van der Waals surface area contributed by atoms with E-state index in [1.54, 1.807) is 0 Å². The van der Waals surface area contributed by atoms with Crippen LogP contribution in [0.1, 0.15) is 45.6 Å². The topological polar surface area (TPSA) is 41.1 Å². The van der Waals surface area contributed by atoms with Gasteiger partial charge < -0.3 is 10.6 Å². The van der Waals surface area contributed by atoms with Gasteiger partial charge in [0.1, 0.15) is 0 Å². The molecular weight excluding hydrogens is 260 g/mol. The zero-order chi connectivity index (χ0) is 15.6. The standard InChI is InChI=1S/C18H30N2O/c1-4-13-19-14-15-20-17(21)18(2,3)12-8-11-16-9-6-5-7-10-16/h5-7,9-10,19H,4,8,11-15H2,1-3H3,(H,20,21). The molecule has 118 valence electrons. The molecule has 1 aromatic rings. The van der Waals surface area contributed by atoms with Gasteiger partial charge in [-0.05, 0) is 37.8 Å². The molecule has 0 aromatic heterocycles. The Kier molecular flexibility index (Phi) is 8.06. The Morgan fingerprint density at radius 2 is 1.81 bits per heavy atom. The third-order valence-electron chi connectivity index (χ3n) is 3.74. The number of carbonyl (C=O) groups excluding carboxylic acids is 1. The van der Waals surface area contributed by atoms with Crippen molar-refractivity contribution in [3.8, 4) is 0 Å². The van der Waals surface area contributed by atoms with Crippen molar-refractivity contribution in [3.63, 3.8) is 0 Å². The van der Waals surface area contributed by atoms with E-state index in [1.807, 2.05) is 19.9 Å². The Balaban J connectivity index is 2.23. The largest absolute Gasteiger partial charge is 0.354 e. The summed E-state index contributed by atoms with van der Waals surface area (Å²) in [6.07, 6.45) is 4.11. The van der Waals surface area contributed by atoms with Gasteiger partial charge in [0.2, 0.25) is 5.91 Å². The minimum absolute atomic E-state index is 0.161. The highest BCUT2D eigenvalue weighted by Gasteiger charge is 2.26. The number of carbonyl (C=O) groups is 1. The van der Waals surface area contributed by atoms with Gasteiger partial charge in [0.15, 0.2) is 0 Å². The van der Waals surface area contributed by atoms with Crippen molar-refractivity contribution in [1.29, 1.82) is 0 Å². The molecule has 0 aliphatic rings. The number of rotatable bonds is 10. The smallest absolute Gasteiger partial charge is 0.225 e. The Morgan fingerprint density at radius 1 is 1.10 bits per heavy atom. The molecule has 0 saturated carbocycles. The summed E-state index contributed by atoms with van der Waals surface area (Å²) in [5.74, 6) is 0.161. The van der Waals surface area contributed by atoms with Crippen LogP contribution in [0.3, 0.4) is 0 Å². The van der Waals surface area contributed by atoms with Gasteiger partial charge in [0.05, 0.1) is 0 Å². The second-order valence-electron chi connectivity index (χ2n) is 6.23. The van der Waals surface area contributed by atoms with Crippen LogP contribution in [0.5, 0.6) is 0 Å². The first-order valence-electron chi connectivity index (χ1n) is 8.09. The predicted molar refractivity (Wildman–Crippen MR) is 89.3 cm³/mol. The fraction of sp³-hybridized carbons (Fsp3) is 0.611. The molecule has 0 aliphatic carbocycles. The van der Waals surface area contributed by atoms with Crippen molar-refractivity contribution < 1.29 is 4.79 Å². The Morgan fingerprint density at radius 3 is 2.48 bits per heavy atom. The van der Waals surface area contributed by atoms with E-state index in [9.17, 15) is 4.79 Å². The molecule has 21 heavy (non-hydrogen) atoms. The van der Waals surface area contributed by atoms with Gasteiger partial charge in [0.25, 0.3) is 0 Å². The van der Waals surface area contributed by atoms with Crippen LogP contribution in [-0.4, -0.2) is 25.5 Å². The normalized spacial score (nSPS) is 11.4. The summed E-state index contributed by atoms with van der Waals surface area (Å²) in [5, 5.41) is 6.32. The minimum Gasteiger partial charge on any atom is -0.354 e. The fourth-order valence-corrected chi connectivity index (χ4v) is 2.30. The van der Waals surface area contributed by atoms with E-state index < -0.39 is 0 Å². The summed E-state index contributed by atoms with van der Waals surface area (Å²) in [6.45, 7) is 8.78. The van der Waals surface area contributed by atoms with E-state index in [0.717, 1.165) is 38.8 Å². The molecular formula is C18H30N2O. The van der Waals surface area contributed by atoms with Crippen molar-refractivity contribution in [1.82, 2.24) is 10.6 Å². The zero-order valence-corrected chi connectivity index (χ0v) is 13.7. The highest BCUT2D eigenvalue weighted by Crippen LogP contribution is 2.23. The van der Waals surface area contributed by atoms with E-state index >= 15 is 0 Å². The average Bonchev–Trinajstić information content (AvgIpc) is 2.47. The second-order valence-corrected chi connectivity index (χ2v) is 6.23. The Labute approximate surface area is 129 Å². The first kappa shape index (κ1) is 17.7. The predicted octanol–water partition coefficient (Wildman–Crippen LogP) is 3.15. The van der Waals surface area contributed by atoms with Crippen LogP contribution in [0.15, 0.2) is 30.3 Å². The van der Waals surface area contributed by atoms with Crippen molar-refractivity contribution in [2.45, 2.75) is 46.5 Å². The van der Waals surface area contributed by atoms with Crippen molar-refractivity contribution in [3.05, 3.63) is 35.9 Å². The van der Waals surface area contributed by atoms with Crippen LogP contribution < -0.4 is 10.6 Å². The molecule has 0 bridgehead atoms. The number of hydrogen-bond donors (Lipinski definition) is 2. The summed E-state index contributed by atoms with van der Waals surface area (Å²) in [7, 11) is 0. The highest BCUT2D eigenvalue weighted by molar-refractivity contribution is 5.81. The molecule has 0 radical (unpaired) electrons.